The molecule has 3 atom stereocenters. The lowest BCUT2D eigenvalue weighted by Gasteiger charge is -2.37. The molecule has 7 rings (SSSR count). The molecular weight excluding hydrogens is 594 g/mol. The number of carbonyl (C=O) groups excluding carboxylic acids is 3. The van der Waals surface area contributed by atoms with Gasteiger partial charge in [-0.2, -0.15) is 10.1 Å². The Morgan fingerprint density at radius 1 is 1.04 bits per heavy atom. The summed E-state index contributed by atoms with van der Waals surface area (Å²) in [6.07, 6.45) is 3.67. The summed E-state index contributed by atoms with van der Waals surface area (Å²) in [6, 6.07) is 12.2. The number of aryl methyl sites for hydroxylation is 1. The van der Waals surface area contributed by atoms with E-state index in [1.807, 2.05) is 37.4 Å². The molecule has 1 unspecified atom stereocenters. The van der Waals surface area contributed by atoms with Gasteiger partial charge in [-0.05, 0) is 60.7 Å². The number of hydrogen-bond acceptors (Lipinski definition) is 9. The quantitative estimate of drug-likeness (QED) is 0.270. The van der Waals surface area contributed by atoms with E-state index in [0.29, 0.717) is 47.7 Å². The number of aromatic nitrogens is 4. The van der Waals surface area contributed by atoms with Gasteiger partial charge in [-0.3, -0.25) is 24.4 Å². The fourth-order valence-corrected chi connectivity index (χ4v) is 6.76. The molecule has 0 radical (unpaired) electrons. The molecule has 12 nitrogen and oxygen atoms in total. The van der Waals surface area contributed by atoms with E-state index in [1.54, 1.807) is 22.8 Å². The number of piperidine rings is 2. The first-order valence-electron chi connectivity index (χ1n) is 15.2. The van der Waals surface area contributed by atoms with Crippen molar-refractivity contribution in [2.45, 2.75) is 44.6 Å². The Kier molecular flexibility index (Phi) is 7.31. The monoisotopic (exact) mass is 627 g/mol. The number of fused-ring (bicyclic) bond motifs is 2. The van der Waals surface area contributed by atoms with Gasteiger partial charge in [0, 0.05) is 62.1 Å². The summed E-state index contributed by atoms with van der Waals surface area (Å²) in [5.74, 6) is 0.562. The third-order valence-corrected chi connectivity index (χ3v) is 9.42. The molecule has 232 valence electrons. The van der Waals surface area contributed by atoms with Crippen LogP contribution < -0.4 is 25.8 Å². The maximum Gasteiger partial charge on any atom is 0.235 e. The summed E-state index contributed by atoms with van der Waals surface area (Å²) in [4.78, 5) is 49.4. The van der Waals surface area contributed by atoms with E-state index in [2.05, 4.69) is 43.9 Å². The zero-order valence-electron chi connectivity index (χ0n) is 25.3. The third-order valence-electron chi connectivity index (χ3n) is 9.14. The van der Waals surface area contributed by atoms with Crippen LogP contribution in [0.25, 0.3) is 10.9 Å². The lowest BCUT2D eigenvalue weighted by atomic mass is 9.92. The van der Waals surface area contributed by atoms with Crippen molar-refractivity contribution in [1.29, 1.82) is 0 Å². The molecule has 2 fully saturated rings. The predicted molar refractivity (Wildman–Crippen MR) is 173 cm³/mol. The smallest absolute Gasteiger partial charge is 0.235 e. The van der Waals surface area contributed by atoms with Gasteiger partial charge in [0.05, 0.1) is 29.7 Å². The molecule has 2 aromatic heterocycles. The van der Waals surface area contributed by atoms with Gasteiger partial charge in [0.15, 0.2) is 5.82 Å². The van der Waals surface area contributed by atoms with Crippen LogP contribution in [-0.4, -0.2) is 63.6 Å². The van der Waals surface area contributed by atoms with E-state index < -0.39 is 5.92 Å². The molecule has 3 aliphatic heterocycles. The number of hydrogen-bond donors (Lipinski definition) is 3. The number of benzene rings is 2. The molecule has 2 aromatic carbocycles. The van der Waals surface area contributed by atoms with E-state index in [1.165, 1.54) is 0 Å². The van der Waals surface area contributed by atoms with Crippen LogP contribution in [0.1, 0.15) is 43.4 Å². The number of imide groups is 1. The van der Waals surface area contributed by atoms with Crippen LogP contribution in [0.4, 0.5) is 28.8 Å². The molecule has 3 amide bonds. The number of amides is 3. The van der Waals surface area contributed by atoms with Gasteiger partial charge in [-0.15, -0.1) is 0 Å². The first-order valence-corrected chi connectivity index (χ1v) is 15.5. The molecule has 2 saturated heterocycles. The molecule has 0 saturated carbocycles. The lowest BCUT2D eigenvalue weighted by Crippen LogP contribution is -2.46. The van der Waals surface area contributed by atoms with E-state index in [0.717, 1.165) is 53.0 Å². The number of nitrogens with one attached hydrogen (secondary N) is 3. The van der Waals surface area contributed by atoms with Crippen LogP contribution in [0.5, 0.6) is 0 Å². The SMILES string of the molecule is C[C@@H]1CN(c2ncc(Cl)c(Nc3ccc4c(c3)CC(=O)N4C)n2)CC[C@H]1Nc1ccc2c(C3CCC(=O)NC3=O)nn(C)c2c1. The summed E-state index contributed by atoms with van der Waals surface area (Å²) >= 11 is 6.48. The van der Waals surface area contributed by atoms with E-state index in [-0.39, 0.29) is 23.8 Å². The van der Waals surface area contributed by atoms with E-state index in [9.17, 15) is 14.4 Å². The zero-order chi connectivity index (χ0) is 31.4. The first kappa shape index (κ1) is 29.0. The van der Waals surface area contributed by atoms with Crippen molar-refractivity contribution >= 4 is 69.1 Å². The minimum atomic E-state index is -0.429. The Hall–Kier alpha value is -4.71. The summed E-state index contributed by atoms with van der Waals surface area (Å²) in [6.45, 7) is 3.75. The van der Waals surface area contributed by atoms with Gasteiger partial charge in [0.2, 0.25) is 23.7 Å². The van der Waals surface area contributed by atoms with Crippen LogP contribution >= 0.6 is 11.6 Å². The number of anilines is 5. The van der Waals surface area contributed by atoms with E-state index >= 15 is 0 Å². The van der Waals surface area contributed by atoms with Gasteiger partial charge < -0.3 is 20.4 Å². The van der Waals surface area contributed by atoms with Crippen molar-refractivity contribution in [2.24, 2.45) is 13.0 Å². The largest absolute Gasteiger partial charge is 0.382 e. The van der Waals surface area contributed by atoms with Crippen LogP contribution in [0.3, 0.4) is 0 Å². The Bertz CT molecular complexity index is 1860. The molecule has 5 heterocycles. The number of likely N-dealkylation sites (N-methyl/N-ethyl adjacent to an activating group) is 1. The van der Waals surface area contributed by atoms with Crippen molar-refractivity contribution in [2.75, 3.05) is 40.6 Å². The zero-order valence-corrected chi connectivity index (χ0v) is 26.1. The summed E-state index contributed by atoms with van der Waals surface area (Å²) in [5.41, 5.74) is 5.33. The second-order valence-electron chi connectivity index (χ2n) is 12.2. The van der Waals surface area contributed by atoms with Gasteiger partial charge in [-0.1, -0.05) is 18.5 Å². The number of halogens is 1. The van der Waals surface area contributed by atoms with Gasteiger partial charge in [0.25, 0.3) is 0 Å². The molecule has 3 N–H and O–H groups in total. The van der Waals surface area contributed by atoms with Crippen molar-refractivity contribution in [3.05, 3.63) is 58.9 Å². The van der Waals surface area contributed by atoms with Gasteiger partial charge in [-0.25, -0.2) is 4.98 Å². The molecular formula is C32H34ClN9O3. The molecule has 13 heteroatoms. The van der Waals surface area contributed by atoms with Crippen LogP contribution in [0.2, 0.25) is 5.02 Å². The number of carbonyl (C=O) groups is 3. The predicted octanol–water partition coefficient (Wildman–Crippen LogP) is 4.13. The van der Waals surface area contributed by atoms with Crippen molar-refractivity contribution in [1.82, 2.24) is 25.1 Å². The Labute approximate surface area is 265 Å². The fourth-order valence-electron chi connectivity index (χ4n) is 6.63. The molecule has 0 aliphatic carbocycles. The summed E-state index contributed by atoms with van der Waals surface area (Å²) in [5, 5.41) is 15.5. The summed E-state index contributed by atoms with van der Waals surface area (Å²) in [7, 11) is 3.66. The topological polar surface area (TPSA) is 137 Å². The van der Waals surface area contributed by atoms with Gasteiger partial charge in [0.1, 0.15) is 5.02 Å². The number of rotatable bonds is 6. The molecule has 4 aromatic rings. The van der Waals surface area contributed by atoms with E-state index in [4.69, 9.17) is 16.6 Å². The molecule has 0 spiro atoms. The highest BCUT2D eigenvalue weighted by Crippen LogP contribution is 2.34. The average molecular weight is 628 g/mol. The van der Waals surface area contributed by atoms with Crippen molar-refractivity contribution < 1.29 is 14.4 Å². The Morgan fingerprint density at radius 2 is 1.87 bits per heavy atom. The third kappa shape index (κ3) is 5.43. The maximum absolute atomic E-state index is 12.5. The Balaban J connectivity index is 1.02. The first-order chi connectivity index (χ1) is 21.6. The molecule has 45 heavy (non-hydrogen) atoms. The van der Waals surface area contributed by atoms with Crippen LogP contribution in [0.15, 0.2) is 42.6 Å². The van der Waals surface area contributed by atoms with Gasteiger partial charge >= 0.3 is 0 Å². The summed E-state index contributed by atoms with van der Waals surface area (Å²) < 4.78 is 1.80. The minimum Gasteiger partial charge on any atom is -0.382 e. The second kappa shape index (κ2) is 11.3. The van der Waals surface area contributed by atoms with Crippen molar-refractivity contribution in [3.63, 3.8) is 0 Å². The highest BCUT2D eigenvalue weighted by atomic mass is 35.5. The Morgan fingerprint density at radius 3 is 2.67 bits per heavy atom. The maximum atomic E-state index is 12.5. The fraction of sp³-hybridized carbons (Fsp3) is 0.375. The normalized spacial score (nSPS) is 21.7. The minimum absolute atomic E-state index is 0.0768. The highest BCUT2D eigenvalue weighted by Gasteiger charge is 2.32. The van der Waals surface area contributed by atoms with Crippen molar-refractivity contribution in [3.8, 4) is 0 Å². The lowest BCUT2D eigenvalue weighted by molar-refractivity contribution is -0.134. The average Bonchev–Trinajstić information content (AvgIpc) is 3.49. The highest BCUT2D eigenvalue weighted by molar-refractivity contribution is 6.32. The number of nitrogens with zero attached hydrogens (tertiary/aromatic N) is 6. The second-order valence-corrected chi connectivity index (χ2v) is 12.6. The molecule has 3 aliphatic rings. The molecule has 0 bridgehead atoms. The van der Waals surface area contributed by atoms with Crippen LogP contribution in [-0.2, 0) is 27.9 Å². The van der Waals surface area contributed by atoms with Crippen LogP contribution in [0, 0.1) is 5.92 Å². The standard InChI is InChI=1S/C32H34ClN9O3/c1-17-16-42(32-34-15-23(33)30(38-32)36-19-5-8-25-18(12-19)13-28(44)40(25)2)11-10-24(17)35-20-4-6-21-26(14-20)41(3)39-29(21)22-7-9-27(43)37-31(22)45/h4-6,8,12,14-15,17,22,24,35H,7,9-11,13,16H2,1-3H3,(H,34,36,38)(H,37,43,45)/t17-,22?,24-/m1/s1.